The lowest BCUT2D eigenvalue weighted by Gasteiger charge is -2.22. The summed E-state index contributed by atoms with van der Waals surface area (Å²) in [7, 11) is 0. The predicted molar refractivity (Wildman–Crippen MR) is 67.7 cm³/mol. The molecule has 0 unspecified atom stereocenters. The highest BCUT2D eigenvalue weighted by Gasteiger charge is 2.28. The summed E-state index contributed by atoms with van der Waals surface area (Å²) >= 11 is 0. The first-order chi connectivity index (χ1) is 9.04. The number of nitrogens with zero attached hydrogens (tertiary/aromatic N) is 1. The highest BCUT2D eigenvalue weighted by Crippen LogP contribution is 2.24. The molecule has 3 nitrogen and oxygen atoms in total. The number of hydrogen-bond acceptors (Lipinski definition) is 3. The Morgan fingerprint density at radius 2 is 2.05 bits per heavy atom. The van der Waals surface area contributed by atoms with Crippen LogP contribution in [-0.4, -0.2) is 39.0 Å². The summed E-state index contributed by atoms with van der Waals surface area (Å²) in [4.78, 5) is 2.15. The van der Waals surface area contributed by atoms with Crippen LogP contribution in [0.3, 0.4) is 0 Å². The Bertz CT molecular complexity index is 401. The molecule has 1 heterocycles. The molecular weight excluding hydrogens is 257 g/mol. The van der Waals surface area contributed by atoms with E-state index in [-0.39, 0.29) is 5.75 Å². The fourth-order valence-electron chi connectivity index (χ4n) is 2.04. The van der Waals surface area contributed by atoms with Crippen LogP contribution in [0.4, 0.5) is 18.9 Å². The molecule has 1 aliphatic rings. The predicted octanol–water partition coefficient (Wildman–Crippen LogP) is 2.43. The first kappa shape index (κ1) is 14.0. The van der Waals surface area contributed by atoms with Crippen LogP contribution < -0.4 is 15.0 Å². The molecule has 0 aliphatic carbocycles. The van der Waals surface area contributed by atoms with Crippen molar-refractivity contribution in [2.75, 3.05) is 37.7 Å². The smallest absolute Gasteiger partial charge is 0.422 e. The van der Waals surface area contributed by atoms with Gasteiger partial charge < -0.3 is 15.0 Å². The SMILES string of the molecule is FC(F)(F)COc1cccc(N2CCCNCC2)c1. The molecule has 0 aromatic heterocycles. The van der Waals surface area contributed by atoms with Gasteiger partial charge in [-0.15, -0.1) is 0 Å². The fraction of sp³-hybridized carbons (Fsp3) is 0.538. The van der Waals surface area contributed by atoms with Crippen LogP contribution in [0.15, 0.2) is 24.3 Å². The lowest BCUT2D eigenvalue weighted by molar-refractivity contribution is -0.153. The molecule has 0 atom stereocenters. The minimum atomic E-state index is -4.30. The van der Waals surface area contributed by atoms with Crippen molar-refractivity contribution in [3.8, 4) is 5.75 Å². The normalized spacial score (nSPS) is 17.1. The van der Waals surface area contributed by atoms with Gasteiger partial charge in [-0.25, -0.2) is 0 Å². The van der Waals surface area contributed by atoms with Crippen LogP contribution in [0.25, 0.3) is 0 Å². The Labute approximate surface area is 110 Å². The van der Waals surface area contributed by atoms with E-state index in [0.717, 1.165) is 38.3 Å². The third kappa shape index (κ3) is 4.63. The monoisotopic (exact) mass is 274 g/mol. The molecule has 1 fully saturated rings. The van der Waals surface area contributed by atoms with Gasteiger partial charge in [0.1, 0.15) is 5.75 Å². The second-order valence-electron chi connectivity index (χ2n) is 4.49. The highest BCUT2D eigenvalue weighted by atomic mass is 19.4. The molecule has 1 aliphatic heterocycles. The van der Waals surface area contributed by atoms with Crippen molar-refractivity contribution in [1.82, 2.24) is 5.32 Å². The summed E-state index contributed by atoms with van der Waals surface area (Å²) in [6.45, 7) is 2.35. The number of halogens is 3. The Morgan fingerprint density at radius 3 is 2.84 bits per heavy atom. The summed E-state index contributed by atoms with van der Waals surface area (Å²) in [6.07, 6.45) is -3.28. The minimum absolute atomic E-state index is 0.257. The summed E-state index contributed by atoms with van der Waals surface area (Å²) < 4.78 is 41.1. The molecule has 1 aromatic carbocycles. The second-order valence-corrected chi connectivity index (χ2v) is 4.49. The van der Waals surface area contributed by atoms with E-state index in [1.165, 1.54) is 0 Å². The molecule has 0 amide bonds. The van der Waals surface area contributed by atoms with Gasteiger partial charge in [-0.3, -0.25) is 0 Å². The molecule has 1 aromatic rings. The van der Waals surface area contributed by atoms with Crippen LogP contribution in [-0.2, 0) is 0 Å². The zero-order valence-corrected chi connectivity index (χ0v) is 10.5. The van der Waals surface area contributed by atoms with E-state index in [9.17, 15) is 13.2 Å². The summed E-state index contributed by atoms with van der Waals surface area (Å²) in [6, 6.07) is 6.83. The Hall–Kier alpha value is -1.43. The van der Waals surface area contributed by atoms with Crippen LogP contribution in [0.2, 0.25) is 0 Å². The number of alkyl halides is 3. The maximum Gasteiger partial charge on any atom is 0.422 e. The minimum Gasteiger partial charge on any atom is -0.484 e. The maximum absolute atomic E-state index is 12.1. The molecule has 0 saturated carbocycles. The van der Waals surface area contributed by atoms with E-state index in [0.29, 0.717) is 0 Å². The van der Waals surface area contributed by atoms with Gasteiger partial charge in [0.15, 0.2) is 6.61 Å². The Morgan fingerprint density at radius 1 is 1.21 bits per heavy atom. The van der Waals surface area contributed by atoms with Gasteiger partial charge in [0.25, 0.3) is 0 Å². The standard InChI is InChI=1S/C13H17F3N2O/c14-13(15,16)10-19-12-4-1-3-11(9-12)18-7-2-5-17-6-8-18/h1,3-4,9,17H,2,5-8,10H2. The second kappa shape index (κ2) is 6.14. The quantitative estimate of drug-likeness (QED) is 0.916. The van der Waals surface area contributed by atoms with E-state index in [4.69, 9.17) is 4.74 Å². The van der Waals surface area contributed by atoms with Gasteiger partial charge in [0.2, 0.25) is 0 Å². The molecule has 6 heteroatoms. The number of anilines is 1. The lowest BCUT2D eigenvalue weighted by Crippen LogP contribution is -2.27. The maximum atomic E-state index is 12.1. The van der Waals surface area contributed by atoms with Crippen LogP contribution in [0.1, 0.15) is 6.42 Å². The molecule has 1 saturated heterocycles. The topological polar surface area (TPSA) is 24.5 Å². The first-order valence-corrected chi connectivity index (χ1v) is 6.30. The van der Waals surface area contributed by atoms with E-state index in [1.807, 2.05) is 6.07 Å². The molecule has 0 radical (unpaired) electrons. The van der Waals surface area contributed by atoms with E-state index in [2.05, 4.69) is 10.2 Å². The van der Waals surface area contributed by atoms with Crippen molar-refractivity contribution in [1.29, 1.82) is 0 Å². The molecule has 19 heavy (non-hydrogen) atoms. The van der Waals surface area contributed by atoms with Crippen molar-refractivity contribution in [2.24, 2.45) is 0 Å². The molecule has 0 spiro atoms. The lowest BCUT2D eigenvalue weighted by atomic mass is 10.2. The van der Waals surface area contributed by atoms with Gasteiger partial charge in [0.05, 0.1) is 0 Å². The van der Waals surface area contributed by atoms with Gasteiger partial charge >= 0.3 is 6.18 Å². The van der Waals surface area contributed by atoms with Crippen molar-refractivity contribution < 1.29 is 17.9 Å². The van der Waals surface area contributed by atoms with Crippen molar-refractivity contribution in [3.63, 3.8) is 0 Å². The average molecular weight is 274 g/mol. The summed E-state index contributed by atoms with van der Waals surface area (Å²) in [5.41, 5.74) is 0.906. The van der Waals surface area contributed by atoms with Crippen molar-refractivity contribution >= 4 is 5.69 Å². The van der Waals surface area contributed by atoms with E-state index in [1.54, 1.807) is 18.2 Å². The number of nitrogens with one attached hydrogen (secondary N) is 1. The van der Waals surface area contributed by atoms with Gasteiger partial charge in [-0.2, -0.15) is 13.2 Å². The van der Waals surface area contributed by atoms with E-state index < -0.39 is 12.8 Å². The van der Waals surface area contributed by atoms with Gasteiger partial charge in [0, 0.05) is 31.4 Å². The third-order valence-corrected chi connectivity index (χ3v) is 2.93. The highest BCUT2D eigenvalue weighted by molar-refractivity contribution is 5.50. The van der Waals surface area contributed by atoms with Crippen molar-refractivity contribution in [3.05, 3.63) is 24.3 Å². The number of rotatable bonds is 3. The van der Waals surface area contributed by atoms with Crippen LogP contribution in [0, 0.1) is 0 Å². The molecule has 2 rings (SSSR count). The molecule has 0 bridgehead atoms. The zero-order chi connectivity index (χ0) is 13.7. The number of hydrogen-bond donors (Lipinski definition) is 1. The van der Waals surface area contributed by atoms with Crippen LogP contribution >= 0.6 is 0 Å². The van der Waals surface area contributed by atoms with Crippen molar-refractivity contribution in [2.45, 2.75) is 12.6 Å². The number of ether oxygens (including phenoxy) is 1. The largest absolute Gasteiger partial charge is 0.484 e. The van der Waals surface area contributed by atoms with E-state index >= 15 is 0 Å². The average Bonchev–Trinajstić information content (AvgIpc) is 2.65. The first-order valence-electron chi connectivity index (χ1n) is 6.30. The Kier molecular flexibility index (Phi) is 4.52. The Balaban J connectivity index is 2.01. The zero-order valence-electron chi connectivity index (χ0n) is 10.5. The molecular formula is C13H17F3N2O. The summed E-state index contributed by atoms with van der Waals surface area (Å²) in [5, 5.41) is 3.28. The van der Waals surface area contributed by atoms with Gasteiger partial charge in [-0.1, -0.05) is 6.07 Å². The molecule has 1 N–H and O–H groups in total. The summed E-state index contributed by atoms with van der Waals surface area (Å²) in [5.74, 6) is 0.257. The van der Waals surface area contributed by atoms with Gasteiger partial charge in [-0.05, 0) is 25.1 Å². The third-order valence-electron chi connectivity index (χ3n) is 2.93. The fourth-order valence-corrected chi connectivity index (χ4v) is 2.04. The van der Waals surface area contributed by atoms with Crippen LogP contribution in [0.5, 0.6) is 5.75 Å². The number of benzene rings is 1. The molecule has 106 valence electrons.